The minimum atomic E-state index is -1.46. The van der Waals surface area contributed by atoms with Gasteiger partial charge >= 0.3 is 5.97 Å². The minimum Gasteiger partial charge on any atom is -0.479 e. The lowest BCUT2D eigenvalue weighted by atomic mass is 10.2. The van der Waals surface area contributed by atoms with Crippen molar-refractivity contribution in [3.8, 4) is 0 Å². The summed E-state index contributed by atoms with van der Waals surface area (Å²) in [4.78, 5) is 9.29. The number of carboxylic acid groups (broad SMARTS) is 1. The van der Waals surface area contributed by atoms with Crippen LogP contribution in [0.15, 0.2) is 11.8 Å². The largest absolute Gasteiger partial charge is 0.479 e. The number of rotatable bonds is 3. The van der Waals surface area contributed by atoms with Crippen molar-refractivity contribution in [2.24, 2.45) is 0 Å². The van der Waals surface area contributed by atoms with Gasteiger partial charge in [0.05, 0.1) is 0 Å². The second-order valence-corrected chi connectivity index (χ2v) is 3.67. The van der Waals surface area contributed by atoms with Crippen LogP contribution in [-0.2, 0) is 4.79 Å². The van der Waals surface area contributed by atoms with Crippen LogP contribution in [0.1, 0.15) is 19.8 Å². The summed E-state index contributed by atoms with van der Waals surface area (Å²) in [7, 11) is 1.76. The summed E-state index contributed by atoms with van der Waals surface area (Å²) < 4.78 is 0. The Labute approximate surface area is 82.1 Å². The summed E-state index contributed by atoms with van der Waals surface area (Å²) in [5.74, 6) is -1.08. The average Bonchev–Trinajstić information content (AvgIpc) is 2.29. The van der Waals surface area contributed by atoms with Gasteiger partial charge < -0.3 is 10.1 Å². The van der Waals surface area contributed by atoms with Gasteiger partial charge in [0.15, 0.2) is 0 Å². The molecule has 74 valence electrons. The molecule has 0 aromatic rings. The highest BCUT2D eigenvalue weighted by atomic mass is 35.5. The second-order valence-electron chi connectivity index (χ2n) is 3.07. The first-order valence-corrected chi connectivity index (χ1v) is 4.53. The molecule has 1 atom stereocenters. The van der Waals surface area contributed by atoms with Crippen molar-refractivity contribution in [3.63, 3.8) is 0 Å². The zero-order valence-electron chi connectivity index (χ0n) is 7.67. The first kappa shape index (κ1) is 10.3. The molecule has 2 N–H and O–H groups in total. The minimum absolute atomic E-state index is 0.825. The molecule has 1 heterocycles. The van der Waals surface area contributed by atoms with E-state index in [0.717, 1.165) is 18.5 Å². The normalized spacial score (nSPS) is 27.6. The van der Waals surface area contributed by atoms with Crippen molar-refractivity contribution in [2.45, 2.75) is 24.8 Å². The number of carbonyl (C=O) groups is 1. The van der Waals surface area contributed by atoms with E-state index < -0.39 is 11.0 Å². The summed E-state index contributed by atoms with van der Waals surface area (Å²) in [5.41, 5.74) is 3.59. The third-order valence-electron chi connectivity index (χ3n) is 1.94. The number of alkyl halides is 1. The van der Waals surface area contributed by atoms with Crippen LogP contribution < -0.4 is 5.43 Å². The molecular formula is C8H13ClN2O2. The molecule has 0 aromatic carbocycles. The topological polar surface area (TPSA) is 52.6 Å². The third kappa shape index (κ3) is 1.95. The van der Waals surface area contributed by atoms with Gasteiger partial charge in [-0.25, -0.2) is 10.2 Å². The molecule has 0 aliphatic carbocycles. The lowest BCUT2D eigenvalue weighted by Crippen LogP contribution is -2.47. The Hall–Kier alpha value is -0.740. The summed E-state index contributed by atoms with van der Waals surface area (Å²) in [6.07, 6.45) is 3.33. The van der Waals surface area contributed by atoms with Gasteiger partial charge in [-0.3, -0.25) is 0 Å². The number of carboxylic acids is 1. The van der Waals surface area contributed by atoms with Crippen LogP contribution in [0, 0.1) is 0 Å². The maximum Gasteiger partial charge on any atom is 0.345 e. The van der Waals surface area contributed by atoms with E-state index in [2.05, 4.69) is 5.43 Å². The molecule has 1 aliphatic heterocycles. The van der Waals surface area contributed by atoms with Gasteiger partial charge in [0.25, 0.3) is 0 Å². The summed E-state index contributed by atoms with van der Waals surface area (Å²) in [6.45, 7) is 2.03. The number of nitrogens with one attached hydrogen (secondary N) is 1. The van der Waals surface area contributed by atoms with E-state index in [-0.39, 0.29) is 0 Å². The van der Waals surface area contributed by atoms with E-state index in [1.807, 2.05) is 6.92 Å². The molecule has 0 saturated carbocycles. The number of hydrazine groups is 1. The van der Waals surface area contributed by atoms with Gasteiger partial charge in [0, 0.05) is 12.7 Å². The first-order valence-electron chi connectivity index (χ1n) is 4.15. The lowest BCUT2D eigenvalue weighted by molar-refractivity contribution is -0.140. The zero-order chi connectivity index (χ0) is 10.1. The van der Waals surface area contributed by atoms with E-state index >= 15 is 0 Å². The van der Waals surface area contributed by atoms with Crippen molar-refractivity contribution in [3.05, 3.63) is 11.8 Å². The molecule has 1 unspecified atom stereocenters. The Morgan fingerprint density at radius 1 is 1.85 bits per heavy atom. The Kier molecular flexibility index (Phi) is 2.83. The molecule has 0 radical (unpaired) electrons. The maximum atomic E-state index is 10.8. The number of aliphatic carboxylic acids is 1. The van der Waals surface area contributed by atoms with Crippen molar-refractivity contribution in [1.82, 2.24) is 10.4 Å². The SMILES string of the molecule is CCCC1=CC(Cl)(C(=O)O)NN1C. The monoisotopic (exact) mass is 204 g/mol. The molecule has 0 amide bonds. The van der Waals surface area contributed by atoms with Crippen LogP contribution in [0.2, 0.25) is 0 Å². The number of hydrogen-bond donors (Lipinski definition) is 2. The van der Waals surface area contributed by atoms with Gasteiger partial charge in [-0.2, -0.15) is 0 Å². The van der Waals surface area contributed by atoms with Crippen molar-refractivity contribution in [2.75, 3.05) is 7.05 Å². The molecule has 5 heteroatoms. The fourth-order valence-corrected chi connectivity index (χ4v) is 1.53. The molecule has 0 saturated heterocycles. The van der Waals surface area contributed by atoms with E-state index in [0.29, 0.717) is 0 Å². The van der Waals surface area contributed by atoms with Gasteiger partial charge in [0.2, 0.25) is 5.00 Å². The van der Waals surface area contributed by atoms with E-state index in [4.69, 9.17) is 16.7 Å². The smallest absolute Gasteiger partial charge is 0.345 e. The van der Waals surface area contributed by atoms with Crippen molar-refractivity contribution >= 4 is 17.6 Å². The van der Waals surface area contributed by atoms with Crippen LogP contribution in [0.5, 0.6) is 0 Å². The van der Waals surface area contributed by atoms with Crippen LogP contribution in [0.3, 0.4) is 0 Å². The van der Waals surface area contributed by atoms with Gasteiger partial charge in [0.1, 0.15) is 0 Å². The summed E-state index contributed by atoms with van der Waals surface area (Å²) in [6, 6.07) is 0. The lowest BCUT2D eigenvalue weighted by Gasteiger charge is -2.20. The van der Waals surface area contributed by atoms with Gasteiger partial charge in [-0.1, -0.05) is 24.9 Å². The van der Waals surface area contributed by atoms with E-state index in [1.165, 1.54) is 0 Å². The van der Waals surface area contributed by atoms with Crippen LogP contribution >= 0.6 is 11.6 Å². The number of allylic oxidation sites excluding steroid dienone is 1. The van der Waals surface area contributed by atoms with Crippen molar-refractivity contribution in [1.29, 1.82) is 0 Å². The highest BCUT2D eigenvalue weighted by molar-refractivity contribution is 6.35. The molecular weight excluding hydrogens is 192 g/mol. The summed E-state index contributed by atoms with van der Waals surface area (Å²) in [5, 5.41) is 10.5. The van der Waals surface area contributed by atoms with Gasteiger partial charge in [-0.15, -0.1) is 0 Å². The molecule has 0 bridgehead atoms. The standard InChI is InChI=1S/C8H13ClN2O2/c1-3-4-6-5-8(9,7(12)13)10-11(6)2/h5,10H,3-4H2,1-2H3,(H,12,13). The predicted molar refractivity (Wildman–Crippen MR) is 50.1 cm³/mol. The third-order valence-corrected chi connectivity index (χ3v) is 2.30. The Morgan fingerprint density at radius 3 is 2.85 bits per heavy atom. The molecule has 1 rings (SSSR count). The van der Waals surface area contributed by atoms with Crippen LogP contribution in [-0.4, -0.2) is 28.1 Å². The first-order chi connectivity index (χ1) is 5.99. The number of nitrogens with zero attached hydrogens (tertiary/aromatic N) is 1. The number of halogens is 1. The highest BCUT2D eigenvalue weighted by Crippen LogP contribution is 2.26. The quantitative estimate of drug-likeness (QED) is 0.535. The van der Waals surface area contributed by atoms with Crippen LogP contribution in [0.25, 0.3) is 0 Å². The predicted octanol–water partition coefficient (Wildman–Crippen LogP) is 1.14. The Balaban J connectivity index is 2.81. The van der Waals surface area contributed by atoms with Crippen LogP contribution in [0.4, 0.5) is 0 Å². The second kappa shape index (κ2) is 3.55. The fraction of sp³-hybridized carbons (Fsp3) is 0.625. The maximum absolute atomic E-state index is 10.8. The fourth-order valence-electron chi connectivity index (χ4n) is 1.28. The zero-order valence-corrected chi connectivity index (χ0v) is 8.43. The summed E-state index contributed by atoms with van der Waals surface area (Å²) >= 11 is 5.80. The molecule has 13 heavy (non-hydrogen) atoms. The average molecular weight is 205 g/mol. The van der Waals surface area contributed by atoms with Crippen molar-refractivity contribution < 1.29 is 9.90 Å². The Morgan fingerprint density at radius 2 is 2.46 bits per heavy atom. The Bertz CT molecular complexity index is 255. The number of hydrogen-bond acceptors (Lipinski definition) is 3. The molecule has 4 nitrogen and oxygen atoms in total. The van der Waals surface area contributed by atoms with E-state index in [9.17, 15) is 4.79 Å². The highest BCUT2D eigenvalue weighted by Gasteiger charge is 2.40. The van der Waals surface area contributed by atoms with Gasteiger partial charge in [-0.05, 0) is 12.5 Å². The molecule has 1 aliphatic rings. The van der Waals surface area contributed by atoms with E-state index in [1.54, 1.807) is 18.1 Å². The molecule has 0 aromatic heterocycles. The molecule has 0 spiro atoms. The molecule has 0 fully saturated rings.